The second-order valence-electron chi connectivity index (χ2n) is 6.19. The molecule has 25 heavy (non-hydrogen) atoms. The SMILES string of the molecule is Cn1nnc2c(N[C@@H](c3cccc(C(F)(F)F)c3)C3CC3)ncnc21. The number of aryl methyl sites for hydroxylation is 1. The summed E-state index contributed by atoms with van der Waals surface area (Å²) in [5.74, 6) is 0.748. The lowest BCUT2D eigenvalue weighted by molar-refractivity contribution is -0.137. The number of anilines is 1. The Labute approximate surface area is 141 Å². The van der Waals surface area contributed by atoms with Crippen LogP contribution >= 0.6 is 0 Å². The van der Waals surface area contributed by atoms with Crippen LogP contribution in [0.5, 0.6) is 0 Å². The average Bonchev–Trinajstić information content (AvgIpc) is 3.35. The number of benzene rings is 1. The number of nitrogens with zero attached hydrogens (tertiary/aromatic N) is 5. The molecule has 0 aliphatic heterocycles. The van der Waals surface area contributed by atoms with Gasteiger partial charge in [0.05, 0.1) is 11.6 Å². The highest BCUT2D eigenvalue weighted by atomic mass is 19.4. The maximum Gasteiger partial charge on any atom is 0.416 e. The Hall–Kier alpha value is -2.71. The summed E-state index contributed by atoms with van der Waals surface area (Å²) in [6.45, 7) is 0. The molecule has 0 spiro atoms. The van der Waals surface area contributed by atoms with Crippen LogP contribution in [0.25, 0.3) is 11.2 Å². The fourth-order valence-electron chi connectivity index (χ4n) is 2.92. The minimum Gasteiger partial charge on any atom is -0.361 e. The minimum atomic E-state index is -4.36. The van der Waals surface area contributed by atoms with Crippen molar-refractivity contribution in [1.29, 1.82) is 0 Å². The molecule has 130 valence electrons. The van der Waals surface area contributed by atoms with Crippen LogP contribution in [0, 0.1) is 5.92 Å². The van der Waals surface area contributed by atoms with Gasteiger partial charge in [-0.25, -0.2) is 14.6 Å². The van der Waals surface area contributed by atoms with Gasteiger partial charge in [-0.15, -0.1) is 5.10 Å². The molecule has 1 aliphatic carbocycles. The van der Waals surface area contributed by atoms with E-state index >= 15 is 0 Å². The summed E-state index contributed by atoms with van der Waals surface area (Å²) in [6.07, 6.45) is -1.05. The Morgan fingerprint density at radius 3 is 2.76 bits per heavy atom. The van der Waals surface area contributed by atoms with Gasteiger partial charge >= 0.3 is 6.18 Å². The van der Waals surface area contributed by atoms with Crippen molar-refractivity contribution in [2.45, 2.75) is 25.1 Å². The molecule has 1 N–H and O–H groups in total. The van der Waals surface area contributed by atoms with Crippen molar-refractivity contribution in [1.82, 2.24) is 25.0 Å². The zero-order valence-electron chi connectivity index (χ0n) is 13.3. The molecule has 1 atom stereocenters. The van der Waals surface area contributed by atoms with Crippen LogP contribution in [0.4, 0.5) is 19.0 Å². The van der Waals surface area contributed by atoms with Crippen LogP contribution in [0.3, 0.4) is 0 Å². The predicted molar refractivity (Wildman–Crippen MR) is 84.6 cm³/mol. The maximum absolute atomic E-state index is 13.0. The number of hydrogen-bond acceptors (Lipinski definition) is 5. The second kappa shape index (κ2) is 5.68. The first-order chi connectivity index (χ1) is 11.9. The standard InChI is InChI=1S/C16H15F3N6/c1-25-15-13(23-24-25)14(20-8-21-15)22-12(9-5-6-9)10-3-2-4-11(7-10)16(17,18)19/h2-4,7-9,12H,5-6H2,1H3,(H,20,21,22)/t12-/m1/s1. The Bertz CT molecular complexity index is 916. The van der Waals surface area contributed by atoms with Crippen molar-refractivity contribution >= 4 is 17.0 Å². The van der Waals surface area contributed by atoms with E-state index in [-0.39, 0.29) is 12.0 Å². The van der Waals surface area contributed by atoms with Crippen molar-refractivity contribution in [2.24, 2.45) is 13.0 Å². The van der Waals surface area contributed by atoms with Gasteiger partial charge in [-0.05, 0) is 36.5 Å². The van der Waals surface area contributed by atoms with Gasteiger partial charge in [0.25, 0.3) is 0 Å². The summed E-state index contributed by atoms with van der Waals surface area (Å²) in [6, 6.07) is 5.17. The van der Waals surface area contributed by atoms with Crippen molar-refractivity contribution in [3.05, 3.63) is 41.7 Å². The fraction of sp³-hybridized carbons (Fsp3) is 0.375. The number of alkyl halides is 3. The molecule has 2 heterocycles. The maximum atomic E-state index is 13.0. The highest BCUT2D eigenvalue weighted by Crippen LogP contribution is 2.44. The molecule has 4 rings (SSSR count). The molecule has 0 amide bonds. The third-order valence-electron chi connectivity index (χ3n) is 4.35. The average molecular weight is 348 g/mol. The monoisotopic (exact) mass is 348 g/mol. The van der Waals surface area contributed by atoms with Crippen molar-refractivity contribution in [2.75, 3.05) is 5.32 Å². The lowest BCUT2D eigenvalue weighted by Gasteiger charge is -2.20. The van der Waals surface area contributed by atoms with E-state index in [0.717, 1.165) is 18.9 Å². The minimum absolute atomic E-state index is 0.262. The summed E-state index contributed by atoms with van der Waals surface area (Å²) in [5.41, 5.74) is 1.01. The number of aromatic nitrogens is 5. The van der Waals surface area contributed by atoms with Gasteiger partial charge < -0.3 is 5.32 Å². The lowest BCUT2D eigenvalue weighted by atomic mass is 10.00. The van der Waals surface area contributed by atoms with Gasteiger partial charge in [0, 0.05) is 7.05 Å². The third-order valence-corrected chi connectivity index (χ3v) is 4.35. The number of hydrogen-bond donors (Lipinski definition) is 1. The van der Waals surface area contributed by atoms with E-state index in [1.54, 1.807) is 13.1 Å². The topological polar surface area (TPSA) is 68.5 Å². The van der Waals surface area contributed by atoms with Gasteiger partial charge in [-0.1, -0.05) is 17.3 Å². The second-order valence-corrected chi connectivity index (χ2v) is 6.19. The van der Waals surface area contributed by atoms with E-state index in [1.807, 2.05) is 0 Å². The summed E-state index contributed by atoms with van der Waals surface area (Å²) < 4.78 is 40.6. The normalized spacial score (nSPS) is 16.2. The summed E-state index contributed by atoms with van der Waals surface area (Å²) in [7, 11) is 1.72. The van der Waals surface area contributed by atoms with Gasteiger partial charge in [-0.3, -0.25) is 0 Å². The number of rotatable bonds is 4. The zero-order valence-corrected chi connectivity index (χ0v) is 13.3. The molecule has 1 saturated carbocycles. The van der Waals surface area contributed by atoms with E-state index in [0.29, 0.717) is 22.5 Å². The molecule has 1 aromatic carbocycles. The van der Waals surface area contributed by atoms with Crippen LogP contribution in [-0.2, 0) is 13.2 Å². The van der Waals surface area contributed by atoms with E-state index < -0.39 is 11.7 Å². The zero-order chi connectivity index (χ0) is 17.6. The van der Waals surface area contributed by atoms with Crippen molar-refractivity contribution in [3.8, 4) is 0 Å². The first-order valence-electron chi connectivity index (χ1n) is 7.87. The quantitative estimate of drug-likeness (QED) is 0.783. The number of halogens is 3. The Kier molecular flexibility index (Phi) is 3.59. The lowest BCUT2D eigenvalue weighted by Crippen LogP contribution is -2.16. The van der Waals surface area contributed by atoms with Crippen LogP contribution < -0.4 is 5.32 Å². The molecule has 0 unspecified atom stereocenters. The molecule has 0 radical (unpaired) electrons. The highest BCUT2D eigenvalue weighted by molar-refractivity contribution is 5.82. The van der Waals surface area contributed by atoms with Crippen molar-refractivity contribution in [3.63, 3.8) is 0 Å². The molecule has 0 bridgehead atoms. The molecule has 2 aromatic heterocycles. The first kappa shape index (κ1) is 15.8. The Balaban J connectivity index is 1.71. The molecule has 0 saturated heterocycles. The first-order valence-corrected chi connectivity index (χ1v) is 7.87. The summed E-state index contributed by atoms with van der Waals surface area (Å²) in [5, 5.41) is 11.2. The summed E-state index contributed by atoms with van der Waals surface area (Å²) >= 11 is 0. The Morgan fingerprint density at radius 1 is 1.24 bits per heavy atom. The van der Waals surface area contributed by atoms with Crippen LogP contribution in [0.1, 0.15) is 30.0 Å². The van der Waals surface area contributed by atoms with Gasteiger partial charge in [0.2, 0.25) is 0 Å². The number of nitrogens with one attached hydrogen (secondary N) is 1. The van der Waals surface area contributed by atoms with E-state index in [1.165, 1.54) is 23.1 Å². The van der Waals surface area contributed by atoms with E-state index in [2.05, 4.69) is 25.6 Å². The molecule has 1 fully saturated rings. The Morgan fingerprint density at radius 2 is 2.04 bits per heavy atom. The van der Waals surface area contributed by atoms with Gasteiger partial charge in [-0.2, -0.15) is 13.2 Å². The molecular weight excluding hydrogens is 333 g/mol. The summed E-state index contributed by atoms with van der Waals surface area (Å²) in [4.78, 5) is 8.33. The molecular formula is C16H15F3N6. The molecule has 3 aromatic rings. The predicted octanol–water partition coefficient (Wildman–Crippen LogP) is 3.34. The van der Waals surface area contributed by atoms with Crippen LogP contribution in [0.15, 0.2) is 30.6 Å². The smallest absolute Gasteiger partial charge is 0.361 e. The largest absolute Gasteiger partial charge is 0.416 e. The fourth-order valence-corrected chi connectivity index (χ4v) is 2.92. The van der Waals surface area contributed by atoms with Crippen LogP contribution in [-0.4, -0.2) is 25.0 Å². The van der Waals surface area contributed by atoms with E-state index in [4.69, 9.17) is 0 Å². The van der Waals surface area contributed by atoms with Crippen LogP contribution in [0.2, 0.25) is 0 Å². The molecule has 9 heteroatoms. The third kappa shape index (κ3) is 3.01. The molecule has 1 aliphatic rings. The highest BCUT2D eigenvalue weighted by Gasteiger charge is 2.36. The van der Waals surface area contributed by atoms with Gasteiger partial charge in [0.15, 0.2) is 17.0 Å². The van der Waals surface area contributed by atoms with Crippen molar-refractivity contribution < 1.29 is 13.2 Å². The molecule has 6 nitrogen and oxygen atoms in total. The van der Waals surface area contributed by atoms with Gasteiger partial charge in [0.1, 0.15) is 6.33 Å². The van der Waals surface area contributed by atoms with E-state index in [9.17, 15) is 13.2 Å². The number of fused-ring (bicyclic) bond motifs is 1.